The van der Waals surface area contributed by atoms with E-state index in [2.05, 4.69) is 15.5 Å². The van der Waals surface area contributed by atoms with Crippen molar-refractivity contribution in [3.63, 3.8) is 0 Å². The zero-order valence-electron chi connectivity index (χ0n) is 12.1. The molecular formula is C15H20Cl3N3O. The van der Waals surface area contributed by atoms with Crippen LogP contribution in [0.25, 0.3) is 0 Å². The summed E-state index contributed by atoms with van der Waals surface area (Å²) in [6.45, 7) is 3.44. The number of likely N-dealkylation sites (tertiary alicyclic amines) is 1. The molecule has 2 aliphatic rings. The van der Waals surface area contributed by atoms with E-state index in [0.717, 1.165) is 26.1 Å². The fourth-order valence-corrected chi connectivity index (χ4v) is 3.76. The van der Waals surface area contributed by atoms with Crippen molar-refractivity contribution in [1.29, 1.82) is 0 Å². The van der Waals surface area contributed by atoms with Crippen LogP contribution >= 0.6 is 35.6 Å². The number of hydrogen-bond donors (Lipinski definition) is 2. The molecule has 22 heavy (non-hydrogen) atoms. The average molecular weight is 365 g/mol. The van der Waals surface area contributed by atoms with Gasteiger partial charge in [0.2, 0.25) is 5.91 Å². The molecule has 0 saturated carbocycles. The van der Waals surface area contributed by atoms with E-state index in [1.165, 1.54) is 6.42 Å². The van der Waals surface area contributed by atoms with Gasteiger partial charge in [-0.3, -0.25) is 9.69 Å². The summed E-state index contributed by atoms with van der Waals surface area (Å²) in [5.41, 5.74) is 0.503. The van der Waals surface area contributed by atoms with E-state index in [-0.39, 0.29) is 18.3 Å². The van der Waals surface area contributed by atoms with Crippen LogP contribution in [0, 0.1) is 5.92 Å². The maximum Gasteiger partial charge on any atom is 0.238 e. The number of nitrogens with one attached hydrogen (secondary N) is 2. The molecule has 2 unspecified atom stereocenters. The summed E-state index contributed by atoms with van der Waals surface area (Å²) in [6.07, 6.45) is 2.32. The molecule has 2 heterocycles. The van der Waals surface area contributed by atoms with Crippen molar-refractivity contribution >= 4 is 47.2 Å². The van der Waals surface area contributed by atoms with Gasteiger partial charge < -0.3 is 10.6 Å². The Labute approximate surface area is 146 Å². The summed E-state index contributed by atoms with van der Waals surface area (Å²) < 4.78 is 0. The highest BCUT2D eigenvalue weighted by Crippen LogP contribution is 2.30. The molecule has 1 aromatic rings. The minimum atomic E-state index is -0.0607. The third-order valence-corrected chi connectivity index (χ3v) is 4.96. The number of carbonyl (C=O) groups excluding carboxylic acids is 1. The van der Waals surface area contributed by atoms with Gasteiger partial charge >= 0.3 is 0 Å². The lowest BCUT2D eigenvalue weighted by atomic mass is 9.93. The first-order valence-electron chi connectivity index (χ1n) is 7.33. The lowest BCUT2D eigenvalue weighted by Crippen LogP contribution is -2.46. The maximum atomic E-state index is 12.2. The Morgan fingerprint density at radius 3 is 2.77 bits per heavy atom. The molecule has 122 valence electrons. The van der Waals surface area contributed by atoms with Gasteiger partial charge in [-0.1, -0.05) is 29.3 Å². The molecule has 0 aliphatic carbocycles. The number of rotatable bonds is 3. The van der Waals surface area contributed by atoms with Crippen molar-refractivity contribution in [2.75, 3.05) is 31.5 Å². The number of amides is 1. The molecule has 7 heteroatoms. The number of hydrogen-bond acceptors (Lipinski definition) is 3. The second-order valence-corrected chi connectivity index (χ2v) is 6.59. The molecule has 2 aliphatic heterocycles. The van der Waals surface area contributed by atoms with E-state index < -0.39 is 0 Å². The van der Waals surface area contributed by atoms with Crippen molar-refractivity contribution in [2.45, 2.75) is 18.9 Å². The van der Waals surface area contributed by atoms with Crippen LogP contribution in [-0.2, 0) is 4.79 Å². The SMILES string of the molecule is Cl.O=C(CN1CCC2NCCC2C1)Nc1c(Cl)cccc1Cl. The number of anilines is 1. The first kappa shape index (κ1) is 17.8. The molecule has 2 fully saturated rings. The molecule has 2 atom stereocenters. The number of para-hydroxylation sites is 1. The Hall–Kier alpha value is -0.520. The molecule has 2 saturated heterocycles. The molecule has 0 bridgehead atoms. The van der Waals surface area contributed by atoms with Crippen molar-refractivity contribution in [1.82, 2.24) is 10.2 Å². The highest BCUT2D eigenvalue weighted by atomic mass is 35.5. The molecule has 3 rings (SSSR count). The number of benzene rings is 1. The summed E-state index contributed by atoms with van der Waals surface area (Å²) in [5.74, 6) is 0.616. The molecule has 4 nitrogen and oxygen atoms in total. The van der Waals surface area contributed by atoms with Gasteiger partial charge in [0.15, 0.2) is 0 Å². The van der Waals surface area contributed by atoms with Gasteiger partial charge in [0.05, 0.1) is 22.3 Å². The lowest BCUT2D eigenvalue weighted by molar-refractivity contribution is -0.117. The number of halogens is 3. The highest BCUT2D eigenvalue weighted by Gasteiger charge is 2.33. The topological polar surface area (TPSA) is 44.4 Å². The fraction of sp³-hybridized carbons (Fsp3) is 0.533. The van der Waals surface area contributed by atoms with E-state index >= 15 is 0 Å². The zero-order chi connectivity index (χ0) is 14.8. The molecule has 2 N–H and O–H groups in total. The predicted octanol–water partition coefficient (Wildman–Crippen LogP) is 3.04. The van der Waals surface area contributed by atoms with E-state index in [1.807, 2.05) is 0 Å². The molecular weight excluding hydrogens is 345 g/mol. The Morgan fingerprint density at radius 1 is 1.32 bits per heavy atom. The molecule has 0 spiro atoms. The van der Waals surface area contributed by atoms with Crippen molar-refractivity contribution in [3.05, 3.63) is 28.2 Å². The van der Waals surface area contributed by atoms with Crippen molar-refractivity contribution < 1.29 is 4.79 Å². The Balaban J connectivity index is 0.00000176. The number of nitrogens with zero attached hydrogens (tertiary/aromatic N) is 1. The standard InChI is InChI=1S/C15H19Cl2N3O.ClH/c16-11-2-1-3-12(17)15(11)19-14(21)9-20-7-5-13-10(8-20)4-6-18-13;/h1-3,10,13,18H,4-9H2,(H,19,21);1H. The van der Waals surface area contributed by atoms with Crippen LogP contribution in [-0.4, -0.2) is 43.0 Å². The van der Waals surface area contributed by atoms with Crippen molar-refractivity contribution in [2.24, 2.45) is 5.92 Å². The van der Waals surface area contributed by atoms with Gasteiger partial charge in [-0.15, -0.1) is 12.4 Å². The third kappa shape index (κ3) is 4.06. The number of carbonyl (C=O) groups is 1. The maximum absolute atomic E-state index is 12.2. The number of piperidine rings is 1. The van der Waals surface area contributed by atoms with E-state index in [0.29, 0.717) is 34.2 Å². The van der Waals surface area contributed by atoms with Crippen molar-refractivity contribution in [3.8, 4) is 0 Å². The molecule has 0 aromatic heterocycles. The second-order valence-electron chi connectivity index (χ2n) is 5.78. The largest absolute Gasteiger partial charge is 0.322 e. The first-order valence-corrected chi connectivity index (χ1v) is 8.08. The molecule has 0 radical (unpaired) electrons. The van der Waals surface area contributed by atoms with E-state index in [4.69, 9.17) is 23.2 Å². The summed E-state index contributed by atoms with van der Waals surface area (Å²) in [4.78, 5) is 14.4. The zero-order valence-corrected chi connectivity index (χ0v) is 14.5. The van der Waals surface area contributed by atoms with Crippen LogP contribution in [0.4, 0.5) is 5.69 Å². The average Bonchev–Trinajstić information content (AvgIpc) is 2.90. The third-order valence-electron chi connectivity index (χ3n) is 4.33. The molecule has 1 aromatic carbocycles. The number of fused-ring (bicyclic) bond motifs is 1. The summed E-state index contributed by atoms with van der Waals surface area (Å²) in [7, 11) is 0. The van der Waals surface area contributed by atoms with Crippen LogP contribution < -0.4 is 10.6 Å². The van der Waals surface area contributed by atoms with E-state index in [1.54, 1.807) is 18.2 Å². The normalized spacial score (nSPS) is 24.5. The van der Waals surface area contributed by atoms with E-state index in [9.17, 15) is 4.79 Å². The second kappa shape index (κ2) is 7.84. The summed E-state index contributed by atoms with van der Waals surface area (Å²) in [6, 6.07) is 5.85. The quantitative estimate of drug-likeness (QED) is 0.866. The van der Waals surface area contributed by atoms with Gasteiger partial charge in [-0.05, 0) is 37.4 Å². The fourth-order valence-electron chi connectivity index (χ4n) is 3.27. The van der Waals surface area contributed by atoms with Gasteiger partial charge in [0.1, 0.15) is 0 Å². The van der Waals surface area contributed by atoms with Crippen LogP contribution in [0.1, 0.15) is 12.8 Å². The van der Waals surface area contributed by atoms with Gasteiger partial charge in [0, 0.05) is 19.1 Å². The minimum Gasteiger partial charge on any atom is -0.322 e. The summed E-state index contributed by atoms with van der Waals surface area (Å²) in [5, 5.41) is 7.28. The predicted molar refractivity (Wildman–Crippen MR) is 93.3 cm³/mol. The van der Waals surface area contributed by atoms with Crippen LogP contribution in [0.5, 0.6) is 0 Å². The first-order chi connectivity index (χ1) is 10.1. The lowest BCUT2D eigenvalue weighted by Gasteiger charge is -2.34. The minimum absolute atomic E-state index is 0. The Kier molecular flexibility index (Phi) is 6.36. The summed E-state index contributed by atoms with van der Waals surface area (Å²) >= 11 is 12.1. The highest BCUT2D eigenvalue weighted by molar-refractivity contribution is 6.39. The Morgan fingerprint density at radius 2 is 2.05 bits per heavy atom. The Bertz CT molecular complexity index is 521. The van der Waals surface area contributed by atoms with Crippen LogP contribution in [0.15, 0.2) is 18.2 Å². The van der Waals surface area contributed by atoms with Gasteiger partial charge in [0.25, 0.3) is 0 Å². The molecule has 1 amide bonds. The van der Waals surface area contributed by atoms with Gasteiger partial charge in [-0.25, -0.2) is 0 Å². The van der Waals surface area contributed by atoms with Gasteiger partial charge in [-0.2, -0.15) is 0 Å². The van der Waals surface area contributed by atoms with Crippen LogP contribution in [0.2, 0.25) is 10.0 Å². The smallest absolute Gasteiger partial charge is 0.238 e. The van der Waals surface area contributed by atoms with Crippen LogP contribution in [0.3, 0.4) is 0 Å². The monoisotopic (exact) mass is 363 g/mol.